The molecule has 0 unspecified atom stereocenters. The first-order chi connectivity index (χ1) is 14.5. The topological polar surface area (TPSA) is 117 Å². The maximum absolute atomic E-state index is 13.2. The molecule has 0 bridgehead atoms. The van der Waals surface area contributed by atoms with Crippen LogP contribution in [0, 0.1) is 0 Å². The molecule has 0 saturated heterocycles. The van der Waals surface area contributed by atoms with Gasteiger partial charge in [-0.25, -0.2) is 9.78 Å². The number of nitrogens with zero attached hydrogens (tertiary/aromatic N) is 4. The first-order valence-corrected chi connectivity index (χ1v) is 9.32. The van der Waals surface area contributed by atoms with Crippen LogP contribution in [-0.2, 0) is 6.54 Å². The van der Waals surface area contributed by atoms with E-state index in [1.165, 1.54) is 4.40 Å². The molecule has 150 valence electrons. The Morgan fingerprint density at radius 1 is 1.20 bits per heavy atom. The van der Waals surface area contributed by atoms with E-state index in [2.05, 4.69) is 10.1 Å². The van der Waals surface area contributed by atoms with Crippen molar-refractivity contribution in [2.24, 2.45) is 10.9 Å². The van der Waals surface area contributed by atoms with Gasteiger partial charge in [0.25, 0.3) is 11.5 Å². The minimum Gasteiger partial charge on any atom is -0.477 e. The average Bonchev–Trinajstić information content (AvgIpc) is 2.77. The van der Waals surface area contributed by atoms with Crippen LogP contribution in [0.3, 0.4) is 0 Å². The molecule has 0 aliphatic heterocycles. The van der Waals surface area contributed by atoms with E-state index in [-0.39, 0.29) is 23.8 Å². The van der Waals surface area contributed by atoms with Gasteiger partial charge in [0.05, 0.1) is 6.20 Å². The largest absolute Gasteiger partial charge is 0.477 e. The van der Waals surface area contributed by atoms with Crippen LogP contribution in [0.15, 0.2) is 76.9 Å². The molecule has 0 amide bonds. The highest BCUT2D eigenvalue weighted by Gasteiger charge is 2.25. The first-order valence-electron chi connectivity index (χ1n) is 8.94. The summed E-state index contributed by atoms with van der Waals surface area (Å²) in [5, 5.41) is 23.4. The molecule has 0 aliphatic rings. The number of hydrogen-bond acceptors (Lipinski definition) is 5. The first kappa shape index (κ1) is 19.4. The van der Waals surface area contributed by atoms with Crippen LogP contribution in [-0.4, -0.2) is 25.5 Å². The molecule has 0 aliphatic carbocycles. The van der Waals surface area contributed by atoms with E-state index in [1.54, 1.807) is 71.6 Å². The van der Waals surface area contributed by atoms with Gasteiger partial charge in [0.1, 0.15) is 11.7 Å². The summed E-state index contributed by atoms with van der Waals surface area (Å²) in [7, 11) is 0. The lowest BCUT2D eigenvalue weighted by molar-refractivity contribution is -0.671. The van der Waals surface area contributed by atoms with E-state index in [1.807, 2.05) is 0 Å². The molecule has 0 atom stereocenters. The number of fused-ring (bicyclic) bond motifs is 1. The molecule has 0 radical (unpaired) electrons. The van der Waals surface area contributed by atoms with E-state index in [9.17, 15) is 9.90 Å². The predicted octanol–water partition coefficient (Wildman–Crippen LogP) is 2.15. The molecule has 0 spiro atoms. The number of pyridine rings is 2. The SMILES string of the molecule is NC(=NO)c1cccc(-c2c(O)[n+](Cc3ccc(Cl)nc3)c3ccccn3c2=O)c1. The van der Waals surface area contributed by atoms with Crippen molar-refractivity contribution in [2.75, 3.05) is 0 Å². The Balaban J connectivity index is 1.97. The molecule has 8 nitrogen and oxygen atoms in total. The van der Waals surface area contributed by atoms with Gasteiger partial charge in [-0.15, -0.1) is 0 Å². The number of nitrogens with two attached hydrogens (primary N) is 1. The number of oxime groups is 1. The van der Waals surface area contributed by atoms with Crippen molar-refractivity contribution in [1.82, 2.24) is 9.38 Å². The fourth-order valence-electron chi connectivity index (χ4n) is 3.27. The molecule has 1 aromatic carbocycles. The van der Waals surface area contributed by atoms with Crippen molar-refractivity contribution in [3.63, 3.8) is 0 Å². The van der Waals surface area contributed by atoms with Crippen molar-refractivity contribution in [2.45, 2.75) is 6.54 Å². The van der Waals surface area contributed by atoms with E-state index in [4.69, 9.17) is 22.5 Å². The van der Waals surface area contributed by atoms with Gasteiger partial charge in [0.15, 0.2) is 11.4 Å². The summed E-state index contributed by atoms with van der Waals surface area (Å²) in [6, 6.07) is 15.3. The third kappa shape index (κ3) is 3.44. The van der Waals surface area contributed by atoms with Crippen molar-refractivity contribution in [1.29, 1.82) is 0 Å². The van der Waals surface area contributed by atoms with Gasteiger partial charge < -0.3 is 16.0 Å². The summed E-state index contributed by atoms with van der Waals surface area (Å²) in [5.41, 5.74) is 7.52. The third-order valence-corrected chi connectivity index (χ3v) is 4.93. The van der Waals surface area contributed by atoms with Crippen LogP contribution in [0.1, 0.15) is 11.1 Å². The van der Waals surface area contributed by atoms with E-state index in [0.717, 1.165) is 5.56 Å². The molecule has 4 aromatic rings. The lowest BCUT2D eigenvalue weighted by Gasteiger charge is -2.11. The van der Waals surface area contributed by atoms with Gasteiger partial charge in [-0.2, -0.15) is 8.97 Å². The molecule has 4 rings (SSSR count). The van der Waals surface area contributed by atoms with E-state index in [0.29, 0.717) is 21.9 Å². The van der Waals surface area contributed by atoms with Crippen LogP contribution in [0.2, 0.25) is 5.15 Å². The lowest BCUT2D eigenvalue weighted by atomic mass is 10.0. The van der Waals surface area contributed by atoms with E-state index >= 15 is 0 Å². The van der Waals surface area contributed by atoms with Gasteiger partial charge in [-0.3, -0.25) is 0 Å². The van der Waals surface area contributed by atoms with Crippen LogP contribution >= 0.6 is 11.6 Å². The quantitative estimate of drug-likeness (QED) is 0.116. The molecule has 3 aromatic heterocycles. The zero-order valence-electron chi connectivity index (χ0n) is 15.6. The minimum absolute atomic E-state index is 0.0909. The highest BCUT2D eigenvalue weighted by Crippen LogP contribution is 2.24. The number of benzene rings is 1. The van der Waals surface area contributed by atoms with Crippen LogP contribution in [0.4, 0.5) is 0 Å². The van der Waals surface area contributed by atoms with Crippen LogP contribution < -0.4 is 15.9 Å². The Morgan fingerprint density at radius 3 is 2.77 bits per heavy atom. The zero-order valence-corrected chi connectivity index (χ0v) is 16.4. The number of aromatic nitrogens is 3. The summed E-state index contributed by atoms with van der Waals surface area (Å²) in [5.74, 6) is -0.310. The molecule has 30 heavy (non-hydrogen) atoms. The molecular weight excluding hydrogens is 406 g/mol. The van der Waals surface area contributed by atoms with Crippen molar-refractivity contribution in [3.05, 3.63) is 93.6 Å². The molecule has 3 heterocycles. The Hall–Kier alpha value is -3.91. The second kappa shape index (κ2) is 7.84. The average molecular weight is 423 g/mol. The third-order valence-electron chi connectivity index (χ3n) is 4.71. The maximum Gasteiger partial charge on any atom is 0.354 e. The summed E-state index contributed by atoms with van der Waals surface area (Å²) < 4.78 is 3.06. The van der Waals surface area contributed by atoms with Gasteiger partial charge in [-0.05, 0) is 23.8 Å². The highest BCUT2D eigenvalue weighted by atomic mass is 35.5. The minimum atomic E-state index is -0.398. The predicted molar refractivity (Wildman–Crippen MR) is 112 cm³/mol. The molecule has 9 heteroatoms. The number of halogens is 1. The lowest BCUT2D eigenvalue weighted by Crippen LogP contribution is -2.41. The summed E-state index contributed by atoms with van der Waals surface area (Å²) in [6.45, 7) is 0.261. The van der Waals surface area contributed by atoms with Gasteiger partial charge in [0, 0.05) is 23.4 Å². The van der Waals surface area contributed by atoms with Crippen molar-refractivity contribution < 1.29 is 14.9 Å². The summed E-state index contributed by atoms with van der Waals surface area (Å²) >= 11 is 5.87. The zero-order chi connectivity index (χ0) is 21.3. The normalized spacial score (nSPS) is 11.7. The summed E-state index contributed by atoms with van der Waals surface area (Å²) in [6.07, 6.45) is 3.24. The Bertz CT molecular complexity index is 1330. The molecular formula is C21H17ClN5O3+. The second-order valence-electron chi connectivity index (χ2n) is 6.57. The second-order valence-corrected chi connectivity index (χ2v) is 6.96. The fourth-order valence-corrected chi connectivity index (χ4v) is 3.38. The molecule has 4 N–H and O–H groups in total. The number of rotatable bonds is 4. The Kier molecular flexibility index (Phi) is 5.07. The van der Waals surface area contributed by atoms with E-state index < -0.39 is 5.56 Å². The smallest absolute Gasteiger partial charge is 0.354 e. The molecule has 0 saturated carbocycles. The van der Waals surface area contributed by atoms with Crippen LogP contribution in [0.5, 0.6) is 5.88 Å². The monoisotopic (exact) mass is 422 g/mol. The van der Waals surface area contributed by atoms with Crippen molar-refractivity contribution in [3.8, 4) is 17.0 Å². The maximum atomic E-state index is 13.2. The number of amidine groups is 1. The van der Waals surface area contributed by atoms with Gasteiger partial charge in [0.2, 0.25) is 0 Å². The van der Waals surface area contributed by atoms with Gasteiger partial charge >= 0.3 is 5.56 Å². The molecule has 0 fully saturated rings. The standard InChI is InChI=1S/C21H16ClN5O3/c22-16-8-7-13(11-24-16)12-27-17-6-1-2-9-26(17)20(28)18(21(27)29)14-4-3-5-15(10-14)19(23)25-30/h1-11H,12H2,(H3-,23,25,28,29,30)/p+1. The Labute approximate surface area is 175 Å². The highest BCUT2D eigenvalue weighted by molar-refractivity contribution is 6.29. The summed E-state index contributed by atoms with van der Waals surface area (Å²) in [4.78, 5) is 17.3. The fraction of sp³-hybridized carbons (Fsp3) is 0.0476. The van der Waals surface area contributed by atoms with Crippen molar-refractivity contribution >= 4 is 23.1 Å². The number of hydrogen-bond donors (Lipinski definition) is 3. The Morgan fingerprint density at radius 2 is 2.03 bits per heavy atom. The van der Waals surface area contributed by atoms with Crippen LogP contribution in [0.25, 0.3) is 16.8 Å². The number of aromatic hydroxyl groups is 1. The van der Waals surface area contributed by atoms with Gasteiger partial charge in [-0.1, -0.05) is 47.1 Å².